The molecule has 0 spiro atoms. The molecule has 146 valence electrons. The van der Waals surface area contributed by atoms with Gasteiger partial charge in [-0.25, -0.2) is 9.59 Å². The molecule has 0 saturated heterocycles. The first-order valence-corrected chi connectivity index (χ1v) is 7.28. The fourth-order valence-electron chi connectivity index (χ4n) is 1.81. The molecule has 0 unspecified atom stereocenters. The van der Waals surface area contributed by atoms with Crippen LogP contribution in [0.15, 0.2) is 4.42 Å². The van der Waals surface area contributed by atoms with Crippen LogP contribution in [0.25, 0.3) is 0 Å². The monoisotopic (exact) mass is 376 g/mol. The van der Waals surface area contributed by atoms with Crippen molar-refractivity contribution in [1.82, 2.24) is 20.8 Å². The zero-order valence-corrected chi connectivity index (χ0v) is 13.4. The number of aliphatic hydroxyl groups is 3. The van der Waals surface area contributed by atoms with Crippen molar-refractivity contribution in [3.05, 3.63) is 11.8 Å². The Morgan fingerprint density at radius 2 is 1.77 bits per heavy atom. The molecule has 3 atom stereocenters. The second-order valence-corrected chi connectivity index (χ2v) is 5.22. The fourth-order valence-corrected chi connectivity index (χ4v) is 1.81. The number of carbonyl (C=O) groups is 3. The van der Waals surface area contributed by atoms with Gasteiger partial charge in [-0.1, -0.05) is 0 Å². The van der Waals surface area contributed by atoms with Crippen LogP contribution in [-0.2, 0) is 9.59 Å². The number of hydrogen-bond acceptors (Lipinski definition) is 10. The molecule has 3 amide bonds. The first-order valence-electron chi connectivity index (χ1n) is 7.28. The number of carbonyl (C=O) groups excluding carboxylic acids is 2. The quantitative estimate of drug-likeness (QED) is 0.185. The second-order valence-electron chi connectivity index (χ2n) is 5.22. The minimum absolute atomic E-state index is 0.177. The summed E-state index contributed by atoms with van der Waals surface area (Å²) in [7, 11) is 0. The summed E-state index contributed by atoms with van der Waals surface area (Å²) >= 11 is 0. The molecule has 14 nitrogen and oxygen atoms in total. The molecule has 0 aliphatic rings. The van der Waals surface area contributed by atoms with Crippen molar-refractivity contribution in [2.45, 2.75) is 37.3 Å². The largest absolute Gasteiger partial charge is 0.480 e. The highest BCUT2D eigenvalue weighted by molar-refractivity contribution is 5.83. The first-order chi connectivity index (χ1) is 12.1. The van der Waals surface area contributed by atoms with Gasteiger partial charge in [0.15, 0.2) is 12.3 Å². The number of nitrogens with zero attached hydrogens (tertiary/aromatic N) is 2. The highest BCUT2D eigenvalue weighted by atomic mass is 16.5. The lowest BCUT2D eigenvalue weighted by Gasteiger charge is -2.17. The van der Waals surface area contributed by atoms with Gasteiger partial charge in [-0.05, 0) is 0 Å². The van der Waals surface area contributed by atoms with Gasteiger partial charge >= 0.3 is 12.0 Å². The first kappa shape index (κ1) is 21.2. The van der Waals surface area contributed by atoms with Crippen LogP contribution in [-0.4, -0.2) is 67.5 Å². The number of urea groups is 1. The van der Waals surface area contributed by atoms with Crippen LogP contribution in [0.1, 0.15) is 36.7 Å². The Morgan fingerprint density at radius 3 is 2.27 bits per heavy atom. The Labute approximate surface area is 146 Å². The molecule has 0 aromatic carbocycles. The number of nitrogens with two attached hydrogens (primary N) is 2. The predicted octanol–water partition coefficient (Wildman–Crippen LogP) is -3.57. The van der Waals surface area contributed by atoms with Crippen molar-refractivity contribution in [3.8, 4) is 0 Å². The van der Waals surface area contributed by atoms with Gasteiger partial charge in [0.1, 0.15) is 6.04 Å². The molecular weight excluding hydrogens is 356 g/mol. The summed E-state index contributed by atoms with van der Waals surface area (Å²) in [5.41, 5.74) is 10.7. The van der Waals surface area contributed by atoms with Crippen LogP contribution in [0, 0.1) is 0 Å². The molecule has 0 saturated carbocycles. The molecule has 10 N–H and O–H groups in total. The summed E-state index contributed by atoms with van der Waals surface area (Å²) in [6, 6.07) is -4.81. The topological polar surface area (TPSA) is 247 Å². The van der Waals surface area contributed by atoms with Crippen molar-refractivity contribution < 1.29 is 39.2 Å². The molecule has 0 radical (unpaired) electrons. The maximum Gasteiger partial charge on any atom is 0.328 e. The molecule has 0 bridgehead atoms. The number of aliphatic carboxylic acids is 1. The third-order valence-corrected chi connectivity index (χ3v) is 3.03. The van der Waals surface area contributed by atoms with Gasteiger partial charge in [0.2, 0.25) is 17.7 Å². The van der Waals surface area contributed by atoms with E-state index in [9.17, 15) is 14.4 Å². The van der Waals surface area contributed by atoms with Gasteiger partial charge < -0.3 is 46.9 Å². The minimum atomic E-state index is -1.71. The van der Waals surface area contributed by atoms with E-state index in [1.54, 1.807) is 0 Å². The fraction of sp³-hybridized carbons (Fsp3) is 0.583. The zero-order chi connectivity index (χ0) is 19.9. The number of amides is 3. The van der Waals surface area contributed by atoms with Crippen LogP contribution < -0.4 is 22.1 Å². The van der Waals surface area contributed by atoms with E-state index in [0.29, 0.717) is 0 Å². The molecule has 1 rings (SSSR count). The predicted molar refractivity (Wildman–Crippen MR) is 80.8 cm³/mol. The summed E-state index contributed by atoms with van der Waals surface area (Å²) in [6.45, 7) is -0.855. The van der Waals surface area contributed by atoms with Crippen LogP contribution in [0.3, 0.4) is 0 Å². The lowest BCUT2D eigenvalue weighted by molar-refractivity contribution is -0.140. The van der Waals surface area contributed by atoms with Crippen molar-refractivity contribution in [1.29, 1.82) is 0 Å². The summed E-state index contributed by atoms with van der Waals surface area (Å²) in [4.78, 5) is 33.8. The number of rotatable bonds is 10. The molecule has 1 aromatic heterocycles. The number of nitrogens with one attached hydrogen (secondary N) is 2. The summed E-state index contributed by atoms with van der Waals surface area (Å²) in [6.07, 6.45) is -2.46. The molecule has 26 heavy (non-hydrogen) atoms. The third kappa shape index (κ3) is 6.60. The summed E-state index contributed by atoms with van der Waals surface area (Å²) < 4.78 is 5.20. The van der Waals surface area contributed by atoms with Gasteiger partial charge in [-0.3, -0.25) is 4.79 Å². The lowest BCUT2D eigenvalue weighted by Crippen LogP contribution is -2.49. The molecule has 0 aliphatic heterocycles. The average molecular weight is 376 g/mol. The van der Waals surface area contributed by atoms with Crippen LogP contribution in [0.2, 0.25) is 0 Å². The molecule has 1 heterocycles. The third-order valence-electron chi connectivity index (χ3n) is 3.03. The molecule has 14 heteroatoms. The van der Waals surface area contributed by atoms with Crippen LogP contribution >= 0.6 is 0 Å². The second kappa shape index (κ2) is 9.62. The summed E-state index contributed by atoms with van der Waals surface area (Å²) in [5, 5.41) is 46.8. The smallest absolute Gasteiger partial charge is 0.328 e. The Morgan fingerprint density at radius 1 is 1.15 bits per heavy atom. The maximum atomic E-state index is 11.8. The molecule has 0 fully saturated rings. The number of primary amides is 1. The van der Waals surface area contributed by atoms with Crippen molar-refractivity contribution in [3.63, 3.8) is 0 Å². The van der Waals surface area contributed by atoms with E-state index in [2.05, 4.69) is 15.5 Å². The van der Waals surface area contributed by atoms with Crippen LogP contribution in [0.4, 0.5) is 4.79 Å². The van der Waals surface area contributed by atoms with Crippen LogP contribution in [0.5, 0.6) is 0 Å². The average Bonchev–Trinajstić information content (AvgIpc) is 3.00. The van der Waals surface area contributed by atoms with Crippen molar-refractivity contribution in [2.75, 3.05) is 6.61 Å². The van der Waals surface area contributed by atoms with Crippen molar-refractivity contribution in [2.24, 2.45) is 11.5 Å². The highest BCUT2D eigenvalue weighted by Crippen LogP contribution is 2.19. The molecule has 0 aliphatic carbocycles. The van der Waals surface area contributed by atoms with Gasteiger partial charge in [0, 0.05) is 6.42 Å². The molecular formula is C12H20N6O8. The van der Waals surface area contributed by atoms with Gasteiger partial charge in [0.25, 0.3) is 0 Å². The van der Waals surface area contributed by atoms with Gasteiger partial charge in [-0.15, -0.1) is 10.2 Å². The molecule has 1 aromatic rings. The standard InChI is InChI=1S/C12H20N6O8/c13-4(1-8(21)22)9-17-18-10(26-9)5(2-7(14)20)15-12(25)16-6(3-19)11(23)24/h4-6,8,19,21-22H,1-3,13H2,(H2,14,20)(H,23,24)(H2,15,16,25)/t4-,5-,6-/m0/s1. The van der Waals surface area contributed by atoms with Crippen molar-refractivity contribution >= 4 is 17.9 Å². The number of hydrogen-bond donors (Lipinski definition) is 8. The normalized spacial score (nSPS) is 14.5. The Balaban J connectivity index is 2.87. The van der Waals surface area contributed by atoms with E-state index in [1.165, 1.54) is 0 Å². The van der Waals surface area contributed by atoms with E-state index >= 15 is 0 Å². The number of carboxylic acids is 1. The zero-order valence-electron chi connectivity index (χ0n) is 13.4. The number of aromatic nitrogens is 2. The Kier molecular flexibility index (Phi) is 7.85. The van der Waals surface area contributed by atoms with E-state index in [-0.39, 0.29) is 18.2 Å². The SMILES string of the molecule is NC(=O)C[C@H](NC(=O)N[C@@H](CO)C(=O)O)c1nnc([C@@H](N)CC(O)O)o1. The van der Waals surface area contributed by atoms with E-state index < -0.39 is 55.4 Å². The van der Waals surface area contributed by atoms with Gasteiger partial charge in [0.05, 0.1) is 19.1 Å². The van der Waals surface area contributed by atoms with E-state index in [4.69, 9.17) is 36.3 Å². The minimum Gasteiger partial charge on any atom is -0.480 e. The Hall–Kier alpha value is -2.81. The highest BCUT2D eigenvalue weighted by Gasteiger charge is 2.27. The number of carboxylic acid groups (broad SMARTS) is 1. The Bertz CT molecular complexity index is 635. The maximum absolute atomic E-state index is 11.8. The lowest BCUT2D eigenvalue weighted by atomic mass is 10.2. The number of aliphatic hydroxyl groups excluding tert-OH is 2. The van der Waals surface area contributed by atoms with Gasteiger partial charge in [-0.2, -0.15) is 0 Å². The van der Waals surface area contributed by atoms with E-state index in [0.717, 1.165) is 0 Å². The van der Waals surface area contributed by atoms with E-state index in [1.807, 2.05) is 5.32 Å². The summed E-state index contributed by atoms with van der Waals surface area (Å²) in [5.74, 6) is -2.74.